The molecule has 0 aliphatic carbocycles. The molecule has 4 heteroatoms. The number of amides is 1. The maximum atomic E-state index is 12.5. The molecule has 0 atom stereocenters. The van der Waals surface area contributed by atoms with Crippen LogP contribution in [-0.2, 0) is 4.74 Å². The molecule has 2 fully saturated rings. The van der Waals surface area contributed by atoms with E-state index in [1.54, 1.807) is 12.3 Å². The van der Waals surface area contributed by atoms with Gasteiger partial charge in [-0.3, -0.25) is 4.79 Å². The Morgan fingerprint density at radius 2 is 2.00 bits per heavy atom. The number of carbonyl (C=O) groups is 1. The normalized spacial score (nSPS) is 21.7. The highest BCUT2D eigenvalue weighted by atomic mass is 16.5. The molecule has 2 aliphatic rings. The van der Waals surface area contributed by atoms with Crippen molar-refractivity contribution in [2.45, 2.75) is 32.6 Å². The second kappa shape index (κ2) is 4.67. The van der Waals surface area contributed by atoms with Gasteiger partial charge in [0.05, 0.1) is 11.8 Å². The average Bonchev–Trinajstić information content (AvgIpc) is 2.85. The first-order valence-electron chi connectivity index (χ1n) is 7.06. The van der Waals surface area contributed by atoms with Crippen LogP contribution in [0.2, 0.25) is 0 Å². The minimum Gasteiger partial charge on any atom is -0.468 e. The molecule has 2 aliphatic heterocycles. The highest BCUT2D eigenvalue weighted by Crippen LogP contribution is 2.40. The minimum absolute atomic E-state index is 0.120. The van der Waals surface area contributed by atoms with Gasteiger partial charge in [0, 0.05) is 37.6 Å². The lowest BCUT2D eigenvalue weighted by Crippen LogP contribution is -2.60. The molecule has 0 N–H and O–H groups in total. The average molecular weight is 263 g/mol. The van der Waals surface area contributed by atoms with Crippen molar-refractivity contribution in [1.82, 2.24) is 4.90 Å². The van der Waals surface area contributed by atoms with Crippen molar-refractivity contribution in [2.75, 3.05) is 26.3 Å². The summed E-state index contributed by atoms with van der Waals surface area (Å²) in [7, 11) is 0. The van der Waals surface area contributed by atoms with Crippen molar-refractivity contribution < 1.29 is 13.9 Å². The molecule has 1 amide bonds. The quantitative estimate of drug-likeness (QED) is 0.824. The van der Waals surface area contributed by atoms with Gasteiger partial charge in [0.15, 0.2) is 0 Å². The van der Waals surface area contributed by atoms with Gasteiger partial charge in [-0.15, -0.1) is 0 Å². The van der Waals surface area contributed by atoms with Crippen molar-refractivity contribution in [1.29, 1.82) is 0 Å². The first-order chi connectivity index (χ1) is 9.11. The van der Waals surface area contributed by atoms with E-state index in [0.29, 0.717) is 5.41 Å². The summed E-state index contributed by atoms with van der Waals surface area (Å²) in [6.45, 7) is 7.52. The molecule has 2 saturated heterocycles. The first-order valence-corrected chi connectivity index (χ1v) is 7.06. The summed E-state index contributed by atoms with van der Waals surface area (Å²) in [4.78, 5) is 14.4. The molecular weight excluding hydrogens is 242 g/mol. The molecule has 4 nitrogen and oxygen atoms in total. The Bertz CT molecular complexity index is 463. The van der Waals surface area contributed by atoms with Crippen LogP contribution in [0.3, 0.4) is 0 Å². The Labute approximate surface area is 113 Å². The number of nitrogens with zero attached hydrogens (tertiary/aromatic N) is 1. The molecule has 1 spiro atoms. The smallest absolute Gasteiger partial charge is 0.257 e. The maximum Gasteiger partial charge on any atom is 0.257 e. The highest BCUT2D eigenvalue weighted by Gasteiger charge is 2.46. The van der Waals surface area contributed by atoms with Gasteiger partial charge >= 0.3 is 0 Å². The predicted octanol–water partition coefficient (Wildman–Crippen LogP) is 2.66. The Balaban J connectivity index is 1.68. The summed E-state index contributed by atoms with van der Waals surface area (Å²) in [6.07, 6.45) is 3.78. The van der Waals surface area contributed by atoms with Crippen molar-refractivity contribution >= 4 is 5.91 Å². The van der Waals surface area contributed by atoms with Crippen LogP contribution < -0.4 is 0 Å². The van der Waals surface area contributed by atoms with Crippen LogP contribution in [-0.4, -0.2) is 37.1 Å². The third kappa shape index (κ3) is 2.18. The lowest BCUT2D eigenvalue weighted by Gasteiger charge is -2.52. The van der Waals surface area contributed by atoms with Crippen LogP contribution in [0.15, 0.2) is 16.7 Å². The molecule has 3 rings (SSSR count). The van der Waals surface area contributed by atoms with E-state index in [-0.39, 0.29) is 11.8 Å². The zero-order chi connectivity index (χ0) is 13.5. The van der Waals surface area contributed by atoms with Crippen molar-refractivity contribution in [2.24, 2.45) is 5.41 Å². The molecule has 104 valence electrons. The topological polar surface area (TPSA) is 42.7 Å². The lowest BCUT2D eigenvalue weighted by molar-refractivity contribution is -0.0667. The number of ether oxygens (including phenoxy) is 1. The highest BCUT2D eigenvalue weighted by molar-refractivity contribution is 5.96. The number of rotatable bonds is 2. The monoisotopic (exact) mass is 263 g/mol. The van der Waals surface area contributed by atoms with E-state index in [0.717, 1.165) is 50.5 Å². The first kappa shape index (κ1) is 12.7. The second-order valence-electron chi connectivity index (χ2n) is 6.13. The van der Waals surface area contributed by atoms with Crippen LogP contribution in [0.5, 0.6) is 0 Å². The van der Waals surface area contributed by atoms with Crippen LogP contribution in [0.4, 0.5) is 0 Å². The summed E-state index contributed by atoms with van der Waals surface area (Å²) in [5.74, 6) is 1.17. The van der Waals surface area contributed by atoms with E-state index < -0.39 is 0 Å². The van der Waals surface area contributed by atoms with Crippen LogP contribution in [0, 0.1) is 5.41 Å². The number of hydrogen-bond donors (Lipinski definition) is 0. The summed E-state index contributed by atoms with van der Waals surface area (Å²) < 4.78 is 10.8. The fourth-order valence-corrected chi connectivity index (χ4v) is 3.14. The summed E-state index contributed by atoms with van der Waals surface area (Å²) in [5, 5.41) is 0. The van der Waals surface area contributed by atoms with E-state index in [1.807, 2.05) is 18.7 Å². The Morgan fingerprint density at radius 3 is 2.63 bits per heavy atom. The van der Waals surface area contributed by atoms with Crippen LogP contribution in [0.25, 0.3) is 0 Å². The third-order valence-electron chi connectivity index (χ3n) is 4.34. The van der Waals surface area contributed by atoms with Crippen molar-refractivity contribution in [3.05, 3.63) is 23.7 Å². The van der Waals surface area contributed by atoms with Gasteiger partial charge in [0.25, 0.3) is 5.91 Å². The Kier molecular flexibility index (Phi) is 3.13. The van der Waals surface area contributed by atoms with E-state index in [9.17, 15) is 4.79 Å². The van der Waals surface area contributed by atoms with E-state index in [1.165, 1.54) is 0 Å². The third-order valence-corrected chi connectivity index (χ3v) is 4.34. The summed E-state index contributed by atoms with van der Waals surface area (Å²) >= 11 is 0. The van der Waals surface area contributed by atoms with E-state index in [2.05, 4.69) is 0 Å². The van der Waals surface area contributed by atoms with Gasteiger partial charge in [-0.05, 0) is 18.9 Å². The zero-order valence-corrected chi connectivity index (χ0v) is 11.6. The lowest BCUT2D eigenvalue weighted by atomic mass is 9.73. The van der Waals surface area contributed by atoms with Crippen molar-refractivity contribution in [3.8, 4) is 0 Å². The fourth-order valence-electron chi connectivity index (χ4n) is 3.14. The molecule has 0 radical (unpaired) electrons. The van der Waals surface area contributed by atoms with Gasteiger partial charge < -0.3 is 14.1 Å². The van der Waals surface area contributed by atoms with Crippen LogP contribution >= 0.6 is 0 Å². The molecule has 0 aromatic carbocycles. The second-order valence-corrected chi connectivity index (χ2v) is 6.13. The van der Waals surface area contributed by atoms with Crippen LogP contribution in [0.1, 0.15) is 48.7 Å². The Morgan fingerprint density at radius 1 is 1.32 bits per heavy atom. The predicted molar refractivity (Wildman–Crippen MR) is 71.2 cm³/mol. The SMILES string of the molecule is CC(C)c1occc1C(=O)N1CC2(CCOCC2)C1. The molecule has 1 aromatic heterocycles. The summed E-state index contributed by atoms with van der Waals surface area (Å²) in [5.41, 5.74) is 1.06. The number of hydrogen-bond acceptors (Lipinski definition) is 3. The van der Waals surface area contributed by atoms with Gasteiger partial charge in [-0.2, -0.15) is 0 Å². The number of furan rings is 1. The van der Waals surface area contributed by atoms with E-state index >= 15 is 0 Å². The Hall–Kier alpha value is -1.29. The molecular formula is C15H21NO3. The molecule has 19 heavy (non-hydrogen) atoms. The van der Waals surface area contributed by atoms with Gasteiger partial charge in [-0.1, -0.05) is 13.8 Å². The van der Waals surface area contributed by atoms with E-state index in [4.69, 9.17) is 9.15 Å². The molecule has 1 aromatic rings. The van der Waals surface area contributed by atoms with Gasteiger partial charge in [-0.25, -0.2) is 0 Å². The molecule has 0 saturated carbocycles. The molecule has 0 unspecified atom stereocenters. The van der Waals surface area contributed by atoms with Crippen molar-refractivity contribution in [3.63, 3.8) is 0 Å². The summed E-state index contributed by atoms with van der Waals surface area (Å²) in [6, 6.07) is 1.80. The maximum absolute atomic E-state index is 12.5. The standard InChI is InChI=1S/C15H21NO3/c1-11(2)13-12(3-6-19-13)14(17)16-9-15(10-16)4-7-18-8-5-15/h3,6,11H,4-5,7-10H2,1-2H3. The van der Waals surface area contributed by atoms with Gasteiger partial charge in [0.2, 0.25) is 0 Å². The molecule has 3 heterocycles. The number of carbonyl (C=O) groups excluding carboxylic acids is 1. The minimum atomic E-state index is 0.120. The van der Waals surface area contributed by atoms with Gasteiger partial charge in [0.1, 0.15) is 5.76 Å². The fraction of sp³-hybridized carbons (Fsp3) is 0.667. The molecule has 0 bridgehead atoms. The largest absolute Gasteiger partial charge is 0.468 e. The zero-order valence-electron chi connectivity index (χ0n) is 11.6. The number of likely N-dealkylation sites (tertiary alicyclic amines) is 1.